The lowest BCUT2D eigenvalue weighted by Crippen LogP contribution is -2.25. The SMILES string of the molecule is CC.CC.CN1/C(=C2\C(=O)c3ccccc3N2C)C(=O)c2ccccc21. The van der Waals surface area contributed by atoms with Crippen LogP contribution in [0.1, 0.15) is 48.4 Å². The zero-order valence-electron chi connectivity index (χ0n) is 16.3. The van der Waals surface area contributed by atoms with Crippen molar-refractivity contribution < 1.29 is 9.59 Å². The van der Waals surface area contributed by atoms with Crippen molar-refractivity contribution in [3.63, 3.8) is 0 Å². The highest BCUT2D eigenvalue weighted by Gasteiger charge is 2.40. The molecule has 2 aliphatic rings. The maximum Gasteiger partial charge on any atom is 0.213 e. The van der Waals surface area contributed by atoms with Crippen molar-refractivity contribution in [2.24, 2.45) is 0 Å². The average molecular weight is 350 g/mol. The number of rotatable bonds is 0. The lowest BCUT2D eigenvalue weighted by atomic mass is 10.1. The minimum Gasteiger partial charge on any atom is -0.339 e. The number of carbonyl (C=O) groups is 2. The highest BCUT2D eigenvalue weighted by Crippen LogP contribution is 2.40. The third-order valence-electron chi connectivity index (χ3n) is 4.35. The molecule has 0 radical (unpaired) electrons. The fourth-order valence-corrected chi connectivity index (χ4v) is 3.25. The van der Waals surface area contributed by atoms with Crippen LogP contribution in [-0.4, -0.2) is 25.7 Å². The minimum absolute atomic E-state index is 0.0962. The predicted octanol–water partition coefficient (Wildman–Crippen LogP) is 4.92. The van der Waals surface area contributed by atoms with Crippen LogP contribution in [0.2, 0.25) is 0 Å². The number of nitrogens with zero attached hydrogens (tertiary/aromatic N) is 2. The molecule has 4 heteroatoms. The molecule has 0 aliphatic carbocycles. The number of Topliss-reactive ketones (excluding diaryl/α,β-unsaturated/α-hetero) is 2. The van der Waals surface area contributed by atoms with Crippen molar-refractivity contribution in [3.05, 3.63) is 71.1 Å². The van der Waals surface area contributed by atoms with Crippen molar-refractivity contribution in [1.29, 1.82) is 0 Å². The normalized spacial score (nSPS) is 17.2. The van der Waals surface area contributed by atoms with Crippen LogP contribution in [-0.2, 0) is 0 Å². The van der Waals surface area contributed by atoms with Gasteiger partial charge in [-0.15, -0.1) is 0 Å². The van der Waals surface area contributed by atoms with Gasteiger partial charge >= 0.3 is 0 Å². The lowest BCUT2D eigenvalue weighted by Gasteiger charge is -2.20. The van der Waals surface area contributed by atoms with Crippen molar-refractivity contribution in [3.8, 4) is 0 Å². The highest BCUT2D eigenvalue weighted by molar-refractivity contribution is 6.28. The average Bonchev–Trinajstić information content (AvgIpc) is 3.10. The first-order valence-electron chi connectivity index (χ1n) is 9.10. The number of likely N-dealkylation sites (N-methyl/N-ethyl adjacent to an activating group) is 2. The van der Waals surface area contributed by atoms with Crippen LogP contribution >= 0.6 is 0 Å². The summed E-state index contributed by atoms with van der Waals surface area (Å²) in [6.07, 6.45) is 0. The molecule has 0 aromatic heterocycles. The van der Waals surface area contributed by atoms with Gasteiger partial charge in [0.2, 0.25) is 11.6 Å². The van der Waals surface area contributed by atoms with Gasteiger partial charge in [-0.05, 0) is 24.3 Å². The first kappa shape index (κ1) is 19.4. The highest BCUT2D eigenvalue weighted by atomic mass is 16.1. The molecule has 0 saturated heterocycles. The van der Waals surface area contributed by atoms with E-state index in [1.807, 2.05) is 88.0 Å². The van der Waals surface area contributed by atoms with E-state index in [-0.39, 0.29) is 11.6 Å². The van der Waals surface area contributed by atoms with Gasteiger partial charge in [0, 0.05) is 25.2 Å². The second-order valence-corrected chi connectivity index (χ2v) is 5.51. The van der Waals surface area contributed by atoms with Crippen LogP contribution in [0.3, 0.4) is 0 Å². The summed E-state index contributed by atoms with van der Waals surface area (Å²) in [5.41, 5.74) is 3.86. The molecule has 136 valence electrons. The molecule has 2 aromatic rings. The van der Waals surface area contributed by atoms with Crippen molar-refractivity contribution in [2.45, 2.75) is 27.7 Å². The van der Waals surface area contributed by atoms with E-state index in [4.69, 9.17) is 0 Å². The number of fused-ring (bicyclic) bond motifs is 2. The third kappa shape index (κ3) is 2.81. The molecule has 0 bridgehead atoms. The Kier molecular flexibility index (Phi) is 5.98. The third-order valence-corrected chi connectivity index (χ3v) is 4.35. The monoisotopic (exact) mass is 350 g/mol. The second-order valence-electron chi connectivity index (χ2n) is 5.51. The Morgan fingerprint density at radius 2 is 0.885 bits per heavy atom. The molecule has 0 N–H and O–H groups in total. The molecular weight excluding hydrogens is 324 g/mol. The van der Waals surface area contributed by atoms with Crippen LogP contribution in [0.25, 0.3) is 0 Å². The van der Waals surface area contributed by atoms with E-state index >= 15 is 0 Å². The quantitative estimate of drug-likeness (QED) is 0.633. The smallest absolute Gasteiger partial charge is 0.213 e. The first-order valence-corrected chi connectivity index (χ1v) is 9.10. The van der Waals surface area contributed by atoms with Crippen molar-refractivity contribution >= 4 is 22.9 Å². The first-order chi connectivity index (χ1) is 12.6. The topological polar surface area (TPSA) is 40.6 Å². The summed E-state index contributed by atoms with van der Waals surface area (Å²) in [6, 6.07) is 14.9. The number of carbonyl (C=O) groups excluding carboxylic acids is 2. The summed E-state index contributed by atoms with van der Waals surface area (Å²) >= 11 is 0. The summed E-state index contributed by atoms with van der Waals surface area (Å²) in [5.74, 6) is -0.192. The molecule has 0 amide bonds. The minimum atomic E-state index is -0.0962. The molecular formula is C22H26N2O2. The molecule has 2 heterocycles. The number of hydrogen-bond acceptors (Lipinski definition) is 4. The lowest BCUT2D eigenvalue weighted by molar-refractivity contribution is 0.100. The number of anilines is 2. The van der Waals surface area contributed by atoms with Gasteiger partial charge in [0.15, 0.2) is 0 Å². The second kappa shape index (κ2) is 8.00. The molecule has 2 aromatic carbocycles. The Morgan fingerprint density at radius 3 is 1.19 bits per heavy atom. The maximum absolute atomic E-state index is 12.8. The van der Waals surface area contributed by atoms with Gasteiger partial charge in [-0.25, -0.2) is 0 Å². The number of benzene rings is 2. The van der Waals surface area contributed by atoms with Gasteiger partial charge in [0.05, 0.1) is 11.4 Å². The van der Waals surface area contributed by atoms with Crippen molar-refractivity contribution in [2.75, 3.05) is 23.9 Å². The zero-order chi connectivity index (χ0) is 19.4. The van der Waals surface area contributed by atoms with E-state index in [2.05, 4.69) is 0 Å². The van der Waals surface area contributed by atoms with E-state index in [0.717, 1.165) is 11.4 Å². The number of ketones is 2. The molecule has 4 nitrogen and oxygen atoms in total. The van der Waals surface area contributed by atoms with E-state index in [1.165, 1.54) is 0 Å². The number of allylic oxidation sites excluding steroid dienone is 2. The van der Waals surface area contributed by atoms with Gasteiger partial charge in [-0.1, -0.05) is 52.0 Å². The van der Waals surface area contributed by atoms with Gasteiger partial charge in [0.25, 0.3) is 0 Å². The predicted molar refractivity (Wildman–Crippen MR) is 108 cm³/mol. The molecule has 26 heavy (non-hydrogen) atoms. The van der Waals surface area contributed by atoms with E-state index in [0.29, 0.717) is 22.5 Å². The fraction of sp³-hybridized carbons (Fsp3) is 0.273. The molecule has 0 saturated carbocycles. The molecule has 0 unspecified atom stereocenters. The molecule has 0 fully saturated rings. The Balaban J connectivity index is 0.000000570. The standard InChI is InChI=1S/C18H14N2O2.2C2H6/c1-19-13-9-5-3-7-11(13)17(21)15(19)16-18(22)12-8-4-6-10-14(12)20(16)2;2*1-2/h3-10H,1-2H3;2*1-2H3/b16-15+;;. The summed E-state index contributed by atoms with van der Waals surface area (Å²) in [6.45, 7) is 8.00. The summed E-state index contributed by atoms with van der Waals surface area (Å²) in [7, 11) is 3.66. The molecule has 0 spiro atoms. The van der Waals surface area contributed by atoms with Crippen LogP contribution in [0, 0.1) is 0 Å². The number of para-hydroxylation sites is 2. The summed E-state index contributed by atoms with van der Waals surface area (Å²) in [5, 5.41) is 0. The van der Waals surface area contributed by atoms with E-state index in [1.54, 1.807) is 12.1 Å². The fourth-order valence-electron chi connectivity index (χ4n) is 3.25. The Bertz CT molecular complexity index is 796. The van der Waals surface area contributed by atoms with Gasteiger partial charge in [-0.2, -0.15) is 0 Å². The van der Waals surface area contributed by atoms with Gasteiger partial charge in [0.1, 0.15) is 11.4 Å². The van der Waals surface area contributed by atoms with Crippen LogP contribution in [0.4, 0.5) is 11.4 Å². The maximum atomic E-state index is 12.8. The van der Waals surface area contributed by atoms with Crippen LogP contribution in [0.15, 0.2) is 59.9 Å². The van der Waals surface area contributed by atoms with Gasteiger partial charge < -0.3 is 9.80 Å². The van der Waals surface area contributed by atoms with Crippen molar-refractivity contribution in [1.82, 2.24) is 0 Å². The Morgan fingerprint density at radius 1 is 0.577 bits per heavy atom. The Labute approximate surface area is 155 Å². The molecule has 4 rings (SSSR count). The van der Waals surface area contributed by atoms with E-state index < -0.39 is 0 Å². The zero-order valence-corrected chi connectivity index (χ0v) is 16.3. The molecule has 0 atom stereocenters. The van der Waals surface area contributed by atoms with Crippen LogP contribution in [0.5, 0.6) is 0 Å². The molecule has 2 aliphatic heterocycles. The van der Waals surface area contributed by atoms with E-state index in [9.17, 15) is 9.59 Å². The summed E-state index contributed by atoms with van der Waals surface area (Å²) in [4.78, 5) is 29.1. The largest absolute Gasteiger partial charge is 0.339 e. The van der Waals surface area contributed by atoms with Gasteiger partial charge in [-0.3, -0.25) is 9.59 Å². The number of hydrogen-bond donors (Lipinski definition) is 0. The van der Waals surface area contributed by atoms with Crippen LogP contribution < -0.4 is 9.80 Å². The summed E-state index contributed by atoms with van der Waals surface area (Å²) < 4.78 is 0. The Hall–Kier alpha value is -2.88.